The molecular formula is C18H21FN6S. The van der Waals surface area contributed by atoms with E-state index in [1.165, 1.54) is 12.1 Å². The van der Waals surface area contributed by atoms with Crippen LogP contribution >= 0.6 is 12.2 Å². The molecule has 136 valence electrons. The molecule has 2 aromatic heterocycles. The van der Waals surface area contributed by atoms with Crippen molar-refractivity contribution < 1.29 is 4.39 Å². The largest absolute Gasteiger partial charge is 0.356 e. The van der Waals surface area contributed by atoms with Gasteiger partial charge < -0.3 is 10.6 Å². The van der Waals surface area contributed by atoms with Gasteiger partial charge in [0.05, 0.1) is 30.2 Å². The summed E-state index contributed by atoms with van der Waals surface area (Å²) in [6, 6.07) is 6.41. The van der Waals surface area contributed by atoms with Crippen LogP contribution in [-0.2, 0) is 13.6 Å². The summed E-state index contributed by atoms with van der Waals surface area (Å²) in [5.41, 5.74) is 3.84. The maximum atomic E-state index is 13.0. The number of hydrogen-bond donors (Lipinski definition) is 2. The summed E-state index contributed by atoms with van der Waals surface area (Å²) in [5.74, 6) is -0.244. The molecule has 0 saturated heterocycles. The summed E-state index contributed by atoms with van der Waals surface area (Å²) >= 11 is 5.39. The maximum absolute atomic E-state index is 13.0. The zero-order chi connectivity index (χ0) is 18.7. The van der Waals surface area contributed by atoms with Crippen molar-refractivity contribution in [3.05, 3.63) is 65.5 Å². The topological polar surface area (TPSA) is 59.7 Å². The van der Waals surface area contributed by atoms with Crippen LogP contribution in [0.1, 0.15) is 29.8 Å². The first kappa shape index (κ1) is 18.1. The molecule has 1 aromatic carbocycles. The third-order valence-electron chi connectivity index (χ3n) is 4.01. The SMILES string of the molecule is Cc1nn(C)cc1C(C)NC(=S)Nc1cnn(Cc2ccc(F)cc2)c1. The van der Waals surface area contributed by atoms with Crippen LogP contribution < -0.4 is 10.6 Å². The average molecular weight is 372 g/mol. The highest BCUT2D eigenvalue weighted by molar-refractivity contribution is 7.80. The van der Waals surface area contributed by atoms with E-state index >= 15 is 0 Å². The van der Waals surface area contributed by atoms with Crippen LogP contribution in [-0.4, -0.2) is 24.7 Å². The van der Waals surface area contributed by atoms with E-state index in [0.717, 1.165) is 22.5 Å². The number of nitrogens with zero attached hydrogens (tertiary/aromatic N) is 4. The quantitative estimate of drug-likeness (QED) is 0.674. The zero-order valence-electron chi connectivity index (χ0n) is 14.9. The summed E-state index contributed by atoms with van der Waals surface area (Å²) < 4.78 is 16.5. The highest BCUT2D eigenvalue weighted by Crippen LogP contribution is 2.16. The molecule has 0 bridgehead atoms. The minimum absolute atomic E-state index is 0.0398. The van der Waals surface area contributed by atoms with Crippen molar-refractivity contribution in [2.45, 2.75) is 26.4 Å². The number of hydrogen-bond acceptors (Lipinski definition) is 3. The fourth-order valence-corrected chi connectivity index (χ4v) is 3.07. The second-order valence-corrected chi connectivity index (χ2v) is 6.62. The van der Waals surface area contributed by atoms with Crippen molar-refractivity contribution in [3.63, 3.8) is 0 Å². The Morgan fingerprint density at radius 3 is 2.65 bits per heavy atom. The molecule has 3 rings (SSSR count). The van der Waals surface area contributed by atoms with Crippen molar-refractivity contribution >= 4 is 23.0 Å². The number of benzene rings is 1. The Morgan fingerprint density at radius 2 is 2.00 bits per heavy atom. The van der Waals surface area contributed by atoms with Gasteiger partial charge in [0.25, 0.3) is 0 Å². The van der Waals surface area contributed by atoms with Gasteiger partial charge in [0.15, 0.2) is 5.11 Å². The van der Waals surface area contributed by atoms with E-state index in [-0.39, 0.29) is 11.9 Å². The smallest absolute Gasteiger partial charge is 0.171 e. The highest BCUT2D eigenvalue weighted by atomic mass is 32.1. The van der Waals surface area contributed by atoms with Gasteiger partial charge in [0, 0.05) is 25.0 Å². The Morgan fingerprint density at radius 1 is 1.27 bits per heavy atom. The molecule has 0 aliphatic heterocycles. The number of halogens is 1. The fraction of sp³-hybridized carbons (Fsp3) is 0.278. The lowest BCUT2D eigenvalue weighted by molar-refractivity contribution is 0.624. The Kier molecular flexibility index (Phi) is 5.32. The van der Waals surface area contributed by atoms with Crippen LogP contribution in [0.25, 0.3) is 0 Å². The van der Waals surface area contributed by atoms with Gasteiger partial charge in [0.2, 0.25) is 0 Å². The van der Waals surface area contributed by atoms with Crippen LogP contribution in [0.15, 0.2) is 42.9 Å². The van der Waals surface area contributed by atoms with Crippen LogP contribution in [0, 0.1) is 12.7 Å². The monoisotopic (exact) mass is 372 g/mol. The summed E-state index contributed by atoms with van der Waals surface area (Å²) in [5, 5.41) is 15.6. The van der Waals surface area contributed by atoms with Gasteiger partial charge in [0.1, 0.15) is 5.82 Å². The normalized spacial score (nSPS) is 12.0. The number of aryl methyl sites for hydroxylation is 2. The summed E-state index contributed by atoms with van der Waals surface area (Å²) in [6.07, 6.45) is 5.55. The van der Waals surface area contributed by atoms with E-state index in [0.29, 0.717) is 11.7 Å². The number of thiocarbonyl (C=S) groups is 1. The van der Waals surface area contributed by atoms with Gasteiger partial charge in [-0.25, -0.2) is 4.39 Å². The van der Waals surface area contributed by atoms with Crippen LogP contribution in [0.2, 0.25) is 0 Å². The van der Waals surface area contributed by atoms with E-state index in [9.17, 15) is 4.39 Å². The number of aromatic nitrogens is 4. The van der Waals surface area contributed by atoms with Crippen molar-refractivity contribution in [1.82, 2.24) is 24.9 Å². The first-order chi connectivity index (χ1) is 12.4. The fourth-order valence-electron chi connectivity index (χ4n) is 2.78. The second kappa shape index (κ2) is 7.65. The maximum Gasteiger partial charge on any atom is 0.171 e. The standard InChI is InChI=1S/C18H21FN6S/c1-12(17-11-24(3)23-13(17)2)21-18(26)22-16-8-20-25(10-16)9-14-4-6-15(19)7-5-14/h4-8,10-12H,9H2,1-3H3,(H2,21,22,26). The molecule has 0 radical (unpaired) electrons. The first-order valence-electron chi connectivity index (χ1n) is 8.25. The van der Waals surface area contributed by atoms with E-state index in [1.54, 1.807) is 27.7 Å². The Bertz CT molecular complexity index is 899. The molecule has 0 aliphatic rings. The molecule has 0 fully saturated rings. The highest BCUT2D eigenvalue weighted by Gasteiger charge is 2.13. The summed E-state index contributed by atoms with van der Waals surface area (Å²) in [4.78, 5) is 0. The lowest BCUT2D eigenvalue weighted by Crippen LogP contribution is -2.30. The summed E-state index contributed by atoms with van der Waals surface area (Å²) in [7, 11) is 1.90. The van der Waals surface area contributed by atoms with Crippen molar-refractivity contribution in [1.29, 1.82) is 0 Å². The molecule has 2 heterocycles. The molecule has 6 nitrogen and oxygen atoms in total. The third-order valence-corrected chi connectivity index (χ3v) is 4.23. The van der Waals surface area contributed by atoms with Crippen LogP contribution in [0.3, 0.4) is 0 Å². The summed E-state index contributed by atoms with van der Waals surface area (Å²) in [6.45, 7) is 4.58. The van der Waals surface area contributed by atoms with Gasteiger partial charge in [-0.15, -0.1) is 0 Å². The minimum atomic E-state index is -0.244. The number of anilines is 1. The molecule has 26 heavy (non-hydrogen) atoms. The van der Waals surface area contributed by atoms with Crippen molar-refractivity contribution in [3.8, 4) is 0 Å². The zero-order valence-corrected chi connectivity index (χ0v) is 15.7. The molecule has 0 amide bonds. The van der Waals surface area contributed by atoms with E-state index in [2.05, 4.69) is 20.8 Å². The minimum Gasteiger partial charge on any atom is -0.356 e. The number of rotatable bonds is 5. The van der Waals surface area contributed by atoms with Gasteiger partial charge in [-0.1, -0.05) is 12.1 Å². The lowest BCUT2D eigenvalue weighted by Gasteiger charge is -2.15. The van der Waals surface area contributed by atoms with E-state index < -0.39 is 0 Å². The average Bonchev–Trinajstić information content (AvgIpc) is 3.15. The Labute approximate surface area is 157 Å². The molecule has 1 atom stereocenters. The molecule has 1 unspecified atom stereocenters. The van der Waals surface area contributed by atoms with Crippen molar-refractivity contribution in [2.75, 3.05) is 5.32 Å². The molecule has 0 saturated carbocycles. The molecule has 0 spiro atoms. The van der Waals surface area contributed by atoms with Crippen LogP contribution in [0.4, 0.5) is 10.1 Å². The molecule has 3 aromatic rings. The predicted molar refractivity (Wildman–Crippen MR) is 103 cm³/mol. The molecule has 0 aliphatic carbocycles. The lowest BCUT2D eigenvalue weighted by atomic mass is 10.1. The van der Waals surface area contributed by atoms with Crippen molar-refractivity contribution in [2.24, 2.45) is 7.05 Å². The van der Waals surface area contributed by atoms with Gasteiger partial charge in [-0.05, 0) is 43.8 Å². The predicted octanol–water partition coefficient (Wildman–Crippen LogP) is 3.16. The number of nitrogens with one attached hydrogen (secondary N) is 2. The molecule has 8 heteroatoms. The van der Waals surface area contributed by atoms with Crippen LogP contribution in [0.5, 0.6) is 0 Å². The van der Waals surface area contributed by atoms with Gasteiger partial charge in [-0.2, -0.15) is 10.2 Å². The van der Waals surface area contributed by atoms with Gasteiger partial charge >= 0.3 is 0 Å². The van der Waals surface area contributed by atoms with Gasteiger partial charge in [-0.3, -0.25) is 9.36 Å². The first-order valence-corrected chi connectivity index (χ1v) is 8.66. The molecule has 2 N–H and O–H groups in total. The second-order valence-electron chi connectivity index (χ2n) is 6.22. The Hall–Kier alpha value is -2.74. The van der Waals surface area contributed by atoms with E-state index in [4.69, 9.17) is 12.2 Å². The third kappa shape index (κ3) is 4.45. The van der Waals surface area contributed by atoms with E-state index in [1.807, 2.05) is 33.3 Å². The Balaban J connectivity index is 1.57. The molecular weight excluding hydrogens is 351 g/mol.